The molecule has 0 amide bonds. The molecule has 0 aliphatic carbocycles. The molecule has 2 aromatic heterocycles. The molecule has 1 fully saturated rings. The van der Waals surface area contributed by atoms with Crippen molar-refractivity contribution in [2.75, 3.05) is 13.2 Å². The van der Waals surface area contributed by atoms with Gasteiger partial charge in [-0.3, -0.25) is 9.78 Å². The van der Waals surface area contributed by atoms with Crippen molar-refractivity contribution in [3.05, 3.63) is 81.9 Å². The second kappa shape index (κ2) is 9.58. The van der Waals surface area contributed by atoms with Gasteiger partial charge in [0.05, 0.1) is 30.1 Å². The Balaban J connectivity index is 1.86. The minimum atomic E-state index is -0.294. The average Bonchev–Trinajstić information content (AvgIpc) is 3.24. The standard InChI is InChI=1S/C27H32N4O2S/c1-7-33-23(32)15-30-26(24(29-27(30)34)22-10-8-9-11-28-22)21-14-19(5)31(20(21)6)25-17(3)12-16(2)13-18(25)4/h8-14,24,26H,7,15H2,1-6H3,(H,29,34). The molecule has 178 valence electrons. The van der Waals surface area contributed by atoms with Crippen molar-refractivity contribution in [3.8, 4) is 5.69 Å². The van der Waals surface area contributed by atoms with Gasteiger partial charge in [0.2, 0.25) is 0 Å². The number of aryl methyl sites for hydroxylation is 4. The van der Waals surface area contributed by atoms with Gasteiger partial charge in [0.1, 0.15) is 6.54 Å². The molecule has 1 N–H and O–H groups in total. The zero-order valence-corrected chi connectivity index (χ0v) is 21.5. The van der Waals surface area contributed by atoms with E-state index in [1.807, 2.05) is 30.0 Å². The SMILES string of the molecule is CCOC(=O)CN1C(=S)NC(c2ccccn2)C1c1cc(C)n(-c2c(C)cc(C)cc2C)c1C. The number of ether oxygens (including phenoxy) is 1. The summed E-state index contributed by atoms with van der Waals surface area (Å²) in [6.45, 7) is 12.9. The van der Waals surface area contributed by atoms with Crippen LogP contribution in [0.1, 0.15) is 58.3 Å². The maximum absolute atomic E-state index is 12.5. The number of benzene rings is 1. The predicted octanol–water partition coefficient (Wildman–Crippen LogP) is 4.95. The fraction of sp³-hybridized carbons (Fsp3) is 0.370. The molecule has 4 rings (SSSR count). The first-order valence-electron chi connectivity index (χ1n) is 11.6. The van der Waals surface area contributed by atoms with E-state index in [1.165, 1.54) is 22.4 Å². The first-order chi connectivity index (χ1) is 16.2. The predicted molar refractivity (Wildman–Crippen MR) is 138 cm³/mol. The molecule has 6 nitrogen and oxygen atoms in total. The fourth-order valence-electron chi connectivity index (χ4n) is 5.22. The number of carbonyl (C=O) groups excluding carboxylic acids is 1. The van der Waals surface area contributed by atoms with E-state index in [4.69, 9.17) is 17.0 Å². The van der Waals surface area contributed by atoms with Gasteiger partial charge in [-0.05, 0) is 88.6 Å². The lowest BCUT2D eigenvalue weighted by Gasteiger charge is -2.27. The first kappa shape index (κ1) is 24.0. The second-order valence-corrected chi connectivity index (χ2v) is 9.36. The van der Waals surface area contributed by atoms with E-state index in [1.54, 1.807) is 6.20 Å². The van der Waals surface area contributed by atoms with Crippen molar-refractivity contribution >= 4 is 23.3 Å². The van der Waals surface area contributed by atoms with Gasteiger partial charge in [-0.2, -0.15) is 0 Å². The van der Waals surface area contributed by atoms with Crippen LogP contribution in [0.2, 0.25) is 0 Å². The topological polar surface area (TPSA) is 59.4 Å². The van der Waals surface area contributed by atoms with Crippen molar-refractivity contribution in [1.29, 1.82) is 0 Å². The maximum atomic E-state index is 12.5. The van der Waals surface area contributed by atoms with Gasteiger partial charge in [0.15, 0.2) is 5.11 Å². The number of aromatic nitrogens is 2. The highest BCUT2D eigenvalue weighted by Gasteiger charge is 2.42. The highest BCUT2D eigenvalue weighted by atomic mass is 32.1. The van der Waals surface area contributed by atoms with Crippen molar-refractivity contribution in [2.45, 2.75) is 53.6 Å². The zero-order valence-electron chi connectivity index (χ0n) is 20.7. The molecule has 3 aromatic rings. The Hall–Kier alpha value is -3.19. The summed E-state index contributed by atoms with van der Waals surface area (Å²) in [5.41, 5.74) is 9.17. The number of nitrogens with zero attached hydrogens (tertiary/aromatic N) is 3. The summed E-state index contributed by atoms with van der Waals surface area (Å²) in [6, 6.07) is 12.1. The summed E-state index contributed by atoms with van der Waals surface area (Å²) in [6.07, 6.45) is 1.79. The minimum Gasteiger partial charge on any atom is -0.465 e. The van der Waals surface area contributed by atoms with Crippen LogP contribution < -0.4 is 5.32 Å². The summed E-state index contributed by atoms with van der Waals surface area (Å²) in [5.74, 6) is -0.294. The lowest BCUT2D eigenvalue weighted by molar-refractivity contribution is -0.143. The number of pyridine rings is 1. The van der Waals surface area contributed by atoms with E-state index in [0.717, 1.165) is 22.6 Å². The number of hydrogen-bond donors (Lipinski definition) is 1. The van der Waals surface area contributed by atoms with Gasteiger partial charge in [0.25, 0.3) is 0 Å². The maximum Gasteiger partial charge on any atom is 0.325 e. The van der Waals surface area contributed by atoms with E-state index in [2.05, 4.69) is 67.7 Å². The Kier molecular flexibility index (Phi) is 6.75. The molecule has 1 aromatic carbocycles. The van der Waals surface area contributed by atoms with Crippen molar-refractivity contribution in [2.24, 2.45) is 0 Å². The fourth-order valence-corrected chi connectivity index (χ4v) is 5.52. The molecule has 0 saturated carbocycles. The van der Waals surface area contributed by atoms with Crippen molar-refractivity contribution in [3.63, 3.8) is 0 Å². The van der Waals surface area contributed by atoms with Crippen molar-refractivity contribution in [1.82, 2.24) is 19.8 Å². The Labute approximate surface area is 207 Å². The minimum absolute atomic E-state index is 0.0833. The Morgan fingerprint density at radius 2 is 1.82 bits per heavy atom. The number of carbonyl (C=O) groups is 1. The van der Waals surface area contributed by atoms with Gasteiger partial charge in [0, 0.05) is 17.6 Å². The number of nitrogens with one attached hydrogen (secondary N) is 1. The molecule has 3 heterocycles. The van der Waals surface area contributed by atoms with Gasteiger partial charge in [-0.25, -0.2) is 0 Å². The molecule has 0 bridgehead atoms. The molecule has 1 saturated heterocycles. The molecule has 7 heteroatoms. The molecule has 1 aliphatic heterocycles. The molecular formula is C27H32N4O2S. The largest absolute Gasteiger partial charge is 0.465 e. The molecule has 34 heavy (non-hydrogen) atoms. The molecule has 0 radical (unpaired) electrons. The van der Waals surface area contributed by atoms with Gasteiger partial charge >= 0.3 is 5.97 Å². The van der Waals surface area contributed by atoms with Crippen LogP contribution in [-0.2, 0) is 9.53 Å². The average molecular weight is 477 g/mol. The summed E-state index contributed by atoms with van der Waals surface area (Å²) in [5, 5.41) is 3.95. The van der Waals surface area contributed by atoms with Crippen LogP contribution in [0.5, 0.6) is 0 Å². The molecule has 2 unspecified atom stereocenters. The van der Waals surface area contributed by atoms with E-state index >= 15 is 0 Å². The van der Waals surface area contributed by atoms with Gasteiger partial charge < -0.3 is 19.5 Å². The highest BCUT2D eigenvalue weighted by Crippen LogP contribution is 2.41. The lowest BCUT2D eigenvalue weighted by atomic mass is 9.96. The summed E-state index contributed by atoms with van der Waals surface area (Å²) in [7, 11) is 0. The van der Waals surface area contributed by atoms with E-state index in [9.17, 15) is 4.79 Å². The highest BCUT2D eigenvalue weighted by molar-refractivity contribution is 7.80. The van der Waals surface area contributed by atoms with Crippen LogP contribution in [0.15, 0.2) is 42.6 Å². The molecule has 0 spiro atoms. The van der Waals surface area contributed by atoms with Crippen molar-refractivity contribution < 1.29 is 9.53 Å². The third-order valence-electron chi connectivity index (χ3n) is 6.45. The number of thiocarbonyl (C=S) groups is 1. The third-order valence-corrected chi connectivity index (χ3v) is 6.80. The molecule has 1 aliphatic rings. The van der Waals surface area contributed by atoms with Crippen LogP contribution in [0, 0.1) is 34.6 Å². The van der Waals surface area contributed by atoms with Crippen LogP contribution in [-0.4, -0.2) is 38.7 Å². The lowest BCUT2D eigenvalue weighted by Crippen LogP contribution is -2.35. The Morgan fingerprint density at radius 3 is 2.44 bits per heavy atom. The van der Waals surface area contributed by atoms with Gasteiger partial charge in [-0.1, -0.05) is 23.8 Å². The van der Waals surface area contributed by atoms with Crippen LogP contribution in [0.4, 0.5) is 0 Å². The monoisotopic (exact) mass is 476 g/mol. The van der Waals surface area contributed by atoms with Crippen LogP contribution in [0.25, 0.3) is 5.69 Å². The smallest absolute Gasteiger partial charge is 0.325 e. The molecular weight excluding hydrogens is 444 g/mol. The van der Waals surface area contributed by atoms with E-state index in [-0.39, 0.29) is 24.6 Å². The molecule has 2 atom stereocenters. The Morgan fingerprint density at radius 1 is 1.12 bits per heavy atom. The summed E-state index contributed by atoms with van der Waals surface area (Å²) in [4.78, 5) is 19.0. The van der Waals surface area contributed by atoms with Crippen LogP contribution in [0.3, 0.4) is 0 Å². The second-order valence-electron chi connectivity index (χ2n) is 8.97. The summed E-state index contributed by atoms with van der Waals surface area (Å²) < 4.78 is 7.58. The van der Waals surface area contributed by atoms with Crippen LogP contribution >= 0.6 is 12.2 Å². The zero-order chi connectivity index (χ0) is 24.6. The number of hydrogen-bond acceptors (Lipinski definition) is 4. The summed E-state index contributed by atoms with van der Waals surface area (Å²) >= 11 is 5.70. The quantitative estimate of drug-likeness (QED) is 0.401. The number of rotatable bonds is 6. The first-order valence-corrected chi connectivity index (χ1v) is 12.0. The third kappa shape index (κ3) is 4.32. The van der Waals surface area contributed by atoms with E-state index in [0.29, 0.717) is 11.7 Å². The van der Waals surface area contributed by atoms with Gasteiger partial charge in [-0.15, -0.1) is 0 Å². The van der Waals surface area contributed by atoms with E-state index < -0.39 is 0 Å². The Bertz CT molecular complexity index is 1210. The number of esters is 1. The normalized spacial score (nSPS) is 17.7.